The average Bonchev–Trinajstić information content (AvgIpc) is 2.98. The first-order chi connectivity index (χ1) is 10.2. The molecule has 0 aliphatic carbocycles. The van der Waals surface area contributed by atoms with Crippen LogP contribution in [-0.4, -0.2) is 13.1 Å². The average molecular weight is 288 g/mol. The SMILES string of the molecule is Fc1cc(F)cc(NCc2ccccc2N2CCCC2)c1. The van der Waals surface area contributed by atoms with Gasteiger partial charge in [-0.1, -0.05) is 18.2 Å². The van der Waals surface area contributed by atoms with E-state index in [1.807, 2.05) is 12.1 Å². The van der Waals surface area contributed by atoms with Gasteiger partial charge in [-0.3, -0.25) is 0 Å². The molecular formula is C17H18F2N2. The fraction of sp³-hybridized carbons (Fsp3) is 0.294. The van der Waals surface area contributed by atoms with Crippen LogP contribution in [0.15, 0.2) is 42.5 Å². The molecule has 1 aliphatic heterocycles. The van der Waals surface area contributed by atoms with Crippen molar-refractivity contribution in [1.82, 2.24) is 0 Å². The van der Waals surface area contributed by atoms with E-state index in [4.69, 9.17) is 0 Å². The maximum absolute atomic E-state index is 13.2. The third-order valence-electron chi connectivity index (χ3n) is 3.78. The number of nitrogens with zero attached hydrogens (tertiary/aromatic N) is 1. The van der Waals surface area contributed by atoms with Gasteiger partial charge in [0.1, 0.15) is 11.6 Å². The van der Waals surface area contributed by atoms with E-state index < -0.39 is 11.6 Å². The van der Waals surface area contributed by atoms with Crippen LogP contribution in [-0.2, 0) is 6.54 Å². The summed E-state index contributed by atoms with van der Waals surface area (Å²) >= 11 is 0. The van der Waals surface area contributed by atoms with Gasteiger partial charge in [-0.2, -0.15) is 0 Å². The minimum atomic E-state index is -0.565. The molecule has 1 fully saturated rings. The van der Waals surface area contributed by atoms with Gasteiger partial charge in [0, 0.05) is 37.1 Å². The van der Waals surface area contributed by atoms with Crippen LogP contribution < -0.4 is 10.2 Å². The highest BCUT2D eigenvalue weighted by atomic mass is 19.1. The van der Waals surface area contributed by atoms with E-state index in [-0.39, 0.29) is 0 Å². The minimum absolute atomic E-state index is 0.462. The zero-order valence-corrected chi connectivity index (χ0v) is 11.8. The Bertz CT molecular complexity index is 602. The molecule has 0 unspecified atom stereocenters. The Labute approximate surface area is 123 Å². The smallest absolute Gasteiger partial charge is 0.128 e. The highest BCUT2D eigenvalue weighted by Crippen LogP contribution is 2.25. The van der Waals surface area contributed by atoms with Gasteiger partial charge < -0.3 is 10.2 Å². The maximum atomic E-state index is 13.2. The molecule has 0 saturated carbocycles. The van der Waals surface area contributed by atoms with Crippen molar-refractivity contribution in [2.75, 3.05) is 23.3 Å². The first kappa shape index (κ1) is 13.9. The Balaban J connectivity index is 1.75. The third kappa shape index (κ3) is 3.32. The molecule has 21 heavy (non-hydrogen) atoms. The zero-order chi connectivity index (χ0) is 14.7. The quantitative estimate of drug-likeness (QED) is 0.908. The van der Waals surface area contributed by atoms with Gasteiger partial charge in [-0.05, 0) is 36.6 Å². The van der Waals surface area contributed by atoms with E-state index in [1.54, 1.807) is 0 Å². The molecule has 1 heterocycles. The third-order valence-corrected chi connectivity index (χ3v) is 3.78. The van der Waals surface area contributed by atoms with E-state index in [2.05, 4.69) is 22.3 Å². The molecule has 0 bridgehead atoms. The van der Waals surface area contributed by atoms with Gasteiger partial charge in [0.25, 0.3) is 0 Å². The van der Waals surface area contributed by atoms with E-state index in [0.717, 1.165) is 24.7 Å². The molecular weight excluding hydrogens is 270 g/mol. The Morgan fingerprint density at radius 2 is 1.62 bits per heavy atom. The van der Waals surface area contributed by atoms with E-state index >= 15 is 0 Å². The fourth-order valence-electron chi connectivity index (χ4n) is 2.78. The van der Waals surface area contributed by atoms with Crippen molar-refractivity contribution in [1.29, 1.82) is 0 Å². The molecule has 0 spiro atoms. The van der Waals surface area contributed by atoms with Crippen LogP contribution in [0.25, 0.3) is 0 Å². The molecule has 0 radical (unpaired) electrons. The monoisotopic (exact) mass is 288 g/mol. The van der Waals surface area contributed by atoms with Crippen LogP contribution in [0.5, 0.6) is 0 Å². The van der Waals surface area contributed by atoms with Crippen molar-refractivity contribution in [2.45, 2.75) is 19.4 Å². The Morgan fingerprint density at radius 3 is 2.33 bits per heavy atom. The zero-order valence-electron chi connectivity index (χ0n) is 11.8. The first-order valence-corrected chi connectivity index (χ1v) is 7.25. The maximum Gasteiger partial charge on any atom is 0.128 e. The summed E-state index contributed by atoms with van der Waals surface area (Å²) in [5.74, 6) is -1.13. The molecule has 0 amide bonds. The second kappa shape index (κ2) is 6.12. The van der Waals surface area contributed by atoms with Crippen LogP contribution in [0, 0.1) is 11.6 Å². The highest BCUT2D eigenvalue weighted by Gasteiger charge is 2.15. The van der Waals surface area contributed by atoms with Crippen molar-refractivity contribution in [3.05, 3.63) is 59.7 Å². The summed E-state index contributed by atoms with van der Waals surface area (Å²) in [6, 6.07) is 11.7. The normalized spacial score (nSPS) is 14.5. The molecule has 0 aromatic heterocycles. The largest absolute Gasteiger partial charge is 0.381 e. The number of anilines is 2. The van der Waals surface area contributed by atoms with Crippen molar-refractivity contribution in [2.24, 2.45) is 0 Å². The van der Waals surface area contributed by atoms with Crippen LogP contribution in [0.1, 0.15) is 18.4 Å². The second-order valence-corrected chi connectivity index (χ2v) is 5.33. The van der Waals surface area contributed by atoms with Crippen molar-refractivity contribution < 1.29 is 8.78 Å². The summed E-state index contributed by atoms with van der Waals surface area (Å²) in [6.07, 6.45) is 2.44. The van der Waals surface area contributed by atoms with Crippen molar-refractivity contribution in [3.8, 4) is 0 Å². The lowest BCUT2D eigenvalue weighted by molar-refractivity contribution is 0.584. The Hall–Kier alpha value is -2.10. The standard InChI is InChI=1S/C17H18F2N2/c18-14-9-15(19)11-16(10-14)20-12-13-5-1-2-6-17(13)21-7-3-4-8-21/h1-2,5-6,9-11,20H,3-4,7-8,12H2. The molecule has 110 valence electrons. The molecule has 1 saturated heterocycles. The fourth-order valence-corrected chi connectivity index (χ4v) is 2.78. The number of para-hydroxylation sites is 1. The van der Waals surface area contributed by atoms with Gasteiger partial charge in [-0.15, -0.1) is 0 Å². The number of benzene rings is 2. The van der Waals surface area contributed by atoms with Gasteiger partial charge in [0.05, 0.1) is 0 Å². The summed E-state index contributed by atoms with van der Waals surface area (Å²) in [5, 5.41) is 3.10. The highest BCUT2D eigenvalue weighted by molar-refractivity contribution is 5.56. The lowest BCUT2D eigenvalue weighted by Crippen LogP contribution is -2.19. The predicted octanol–water partition coefficient (Wildman–Crippen LogP) is 4.18. The number of hydrogen-bond acceptors (Lipinski definition) is 2. The van der Waals surface area contributed by atoms with Gasteiger partial charge >= 0.3 is 0 Å². The van der Waals surface area contributed by atoms with Crippen LogP contribution in [0.2, 0.25) is 0 Å². The molecule has 0 atom stereocenters. The number of rotatable bonds is 4. The first-order valence-electron chi connectivity index (χ1n) is 7.25. The van der Waals surface area contributed by atoms with Gasteiger partial charge in [0.2, 0.25) is 0 Å². The summed E-state index contributed by atoms with van der Waals surface area (Å²) in [7, 11) is 0. The second-order valence-electron chi connectivity index (χ2n) is 5.33. The molecule has 1 N–H and O–H groups in total. The summed E-state index contributed by atoms with van der Waals surface area (Å²) in [6.45, 7) is 2.70. The van der Waals surface area contributed by atoms with Crippen molar-refractivity contribution >= 4 is 11.4 Å². The molecule has 2 nitrogen and oxygen atoms in total. The molecule has 4 heteroatoms. The van der Waals surface area contributed by atoms with Crippen LogP contribution in [0.3, 0.4) is 0 Å². The minimum Gasteiger partial charge on any atom is -0.381 e. The molecule has 1 aliphatic rings. The van der Waals surface area contributed by atoms with Crippen molar-refractivity contribution in [3.63, 3.8) is 0 Å². The molecule has 3 rings (SSSR count). The predicted molar refractivity (Wildman–Crippen MR) is 81.6 cm³/mol. The van der Waals surface area contributed by atoms with E-state index in [0.29, 0.717) is 12.2 Å². The molecule has 2 aromatic carbocycles. The Morgan fingerprint density at radius 1 is 0.952 bits per heavy atom. The van der Waals surface area contributed by atoms with Crippen LogP contribution in [0.4, 0.5) is 20.2 Å². The number of nitrogens with one attached hydrogen (secondary N) is 1. The summed E-state index contributed by atoms with van der Waals surface area (Å²) in [5.41, 5.74) is 2.81. The lowest BCUT2D eigenvalue weighted by Gasteiger charge is -2.21. The van der Waals surface area contributed by atoms with Gasteiger partial charge in [0.15, 0.2) is 0 Å². The van der Waals surface area contributed by atoms with E-state index in [1.165, 1.54) is 30.7 Å². The van der Waals surface area contributed by atoms with Crippen LogP contribution >= 0.6 is 0 Å². The number of hydrogen-bond donors (Lipinski definition) is 1. The lowest BCUT2D eigenvalue weighted by atomic mass is 10.1. The van der Waals surface area contributed by atoms with E-state index in [9.17, 15) is 8.78 Å². The Kier molecular flexibility index (Phi) is 4.04. The number of halogens is 2. The summed E-state index contributed by atoms with van der Waals surface area (Å²) < 4.78 is 26.4. The topological polar surface area (TPSA) is 15.3 Å². The van der Waals surface area contributed by atoms with Gasteiger partial charge in [-0.25, -0.2) is 8.78 Å². The summed E-state index contributed by atoms with van der Waals surface area (Å²) in [4.78, 5) is 2.36. The molecule has 2 aromatic rings.